The van der Waals surface area contributed by atoms with Gasteiger partial charge in [-0.05, 0) is 81.5 Å². The lowest BCUT2D eigenvalue weighted by atomic mass is 9.85. The maximum Gasteiger partial charge on any atom is 0.423 e. The molecule has 3 N–H and O–H groups in total. The number of benzene rings is 1. The van der Waals surface area contributed by atoms with Gasteiger partial charge in [0.1, 0.15) is 18.2 Å². The number of nitrogens with zero attached hydrogens (tertiary/aromatic N) is 4. The van der Waals surface area contributed by atoms with Gasteiger partial charge in [0.2, 0.25) is 27.7 Å². The Balaban J connectivity index is 1.21. The van der Waals surface area contributed by atoms with Crippen LogP contribution < -0.4 is 24.8 Å². The van der Waals surface area contributed by atoms with Crippen molar-refractivity contribution in [2.45, 2.75) is 101 Å². The van der Waals surface area contributed by atoms with E-state index in [1.54, 1.807) is 17.9 Å². The van der Waals surface area contributed by atoms with Crippen molar-refractivity contribution in [1.29, 1.82) is 0 Å². The van der Waals surface area contributed by atoms with Crippen molar-refractivity contribution in [3.63, 3.8) is 0 Å². The summed E-state index contributed by atoms with van der Waals surface area (Å²) in [5.41, 5.74) is -1.58. The number of methoxy groups -OCH3 is 1. The summed E-state index contributed by atoms with van der Waals surface area (Å²) in [5, 5.41) is 6.93. The molecule has 0 spiro atoms. The number of hydrogen-bond donors (Lipinski definition) is 3. The minimum atomic E-state index is -4.03. The maximum absolute atomic E-state index is 15.1. The molecule has 4 heterocycles. The van der Waals surface area contributed by atoms with Crippen LogP contribution in [0.2, 0.25) is 0 Å². The molecule has 322 valence electrons. The predicted octanol–water partition coefficient (Wildman–Crippen LogP) is 3.90. The van der Waals surface area contributed by atoms with E-state index in [0.717, 1.165) is 6.42 Å². The first kappa shape index (κ1) is 42.4. The fraction of sp³-hybridized carbons (Fsp3) is 0.634. The molecule has 1 aromatic carbocycles. The summed E-state index contributed by atoms with van der Waals surface area (Å²) in [6.45, 7) is 7.93. The Kier molecular flexibility index (Phi) is 12.0. The standard InChI is InChI=1S/C41H56FN7O9S/c1-6-26-19-25(2)9-7-8-10-28-23-41(28,58-39(53)46-59(54,55)40(3)12-13-40)45-35(50)32-21-29(57-36-30-22-31(42)33(56-5)20-27(30)11-14-43-36)24-49(32)37(51)34(26)44-38(52)48-17-15-47(4)16-18-48/h8,10-11,14,20,22,25-26,28-29,32,34H,6-7,9,12-13,15-19,21,23-24H2,1-5H3,(H,44,52)(H,45,50)(H,46,53)/b10-8-/t25-,26-,28-,29-,32+,34+,41-/m1/s1. The molecule has 2 aliphatic carbocycles. The SMILES string of the molecule is CC[C@@H]1C[C@H](C)CC/C=C\[C@@H]2C[C@]2(OC(=O)NS(=O)(=O)C2(C)CC2)NC(=O)[C@@H]2C[C@@H](Oc3nccc4cc(OC)c(F)cc34)CN2C(=O)[C@H]1NC(=O)N1CCN(C)CC1. The van der Waals surface area contributed by atoms with Gasteiger partial charge in [0.15, 0.2) is 17.3 Å². The minimum absolute atomic E-state index is 0.0177. The number of allylic oxidation sites excluding steroid dienone is 1. The number of nitrogens with one attached hydrogen (secondary N) is 3. The molecule has 0 radical (unpaired) electrons. The lowest BCUT2D eigenvalue weighted by Gasteiger charge is -2.37. The molecule has 4 fully saturated rings. The van der Waals surface area contributed by atoms with Crippen LogP contribution in [0.1, 0.15) is 72.1 Å². The van der Waals surface area contributed by atoms with Crippen molar-refractivity contribution < 1.29 is 46.2 Å². The molecule has 5 amide bonds. The average molecular weight is 842 g/mol. The average Bonchev–Trinajstić information content (AvgIpc) is 4.06. The Morgan fingerprint density at radius 1 is 1.12 bits per heavy atom. The van der Waals surface area contributed by atoms with Crippen molar-refractivity contribution in [2.75, 3.05) is 46.9 Å². The van der Waals surface area contributed by atoms with Crippen LogP contribution in [0.25, 0.3) is 10.8 Å². The molecule has 1 aromatic heterocycles. The van der Waals surface area contributed by atoms with E-state index in [2.05, 4.69) is 27.4 Å². The van der Waals surface area contributed by atoms with Crippen molar-refractivity contribution >= 4 is 44.7 Å². The molecular weight excluding hydrogens is 786 g/mol. The minimum Gasteiger partial charge on any atom is -0.494 e. The second kappa shape index (κ2) is 16.7. The third-order valence-electron chi connectivity index (χ3n) is 12.8. The zero-order valence-electron chi connectivity index (χ0n) is 34.4. The number of carbonyl (C=O) groups is 4. The van der Waals surface area contributed by atoms with Crippen LogP contribution in [-0.4, -0.2) is 128 Å². The Morgan fingerprint density at radius 3 is 2.56 bits per heavy atom. The number of halogens is 1. The van der Waals surface area contributed by atoms with Crippen LogP contribution in [0.15, 0.2) is 36.5 Å². The molecule has 2 aromatic rings. The van der Waals surface area contributed by atoms with Gasteiger partial charge < -0.3 is 39.5 Å². The van der Waals surface area contributed by atoms with Crippen LogP contribution >= 0.6 is 0 Å². The molecule has 3 aliphatic heterocycles. The molecular formula is C41H56FN7O9S. The van der Waals surface area contributed by atoms with E-state index in [-0.39, 0.29) is 48.9 Å². The smallest absolute Gasteiger partial charge is 0.423 e. The summed E-state index contributed by atoms with van der Waals surface area (Å²) >= 11 is 0. The van der Waals surface area contributed by atoms with Crippen molar-refractivity contribution in [1.82, 2.24) is 35.0 Å². The topological polar surface area (TPSA) is 189 Å². The molecule has 16 nitrogen and oxygen atoms in total. The number of ether oxygens (including phenoxy) is 3. The van der Waals surface area contributed by atoms with Crippen LogP contribution in [0.4, 0.5) is 14.0 Å². The van der Waals surface area contributed by atoms with Gasteiger partial charge in [-0.15, -0.1) is 0 Å². The normalized spacial score (nSPS) is 30.5. The summed E-state index contributed by atoms with van der Waals surface area (Å²) in [5.74, 6) is -2.15. The number of fused-ring (bicyclic) bond motifs is 3. The number of amides is 5. The number of carbonyl (C=O) groups excluding carboxylic acids is 4. The summed E-state index contributed by atoms with van der Waals surface area (Å²) < 4.78 is 59.1. The number of urea groups is 1. The van der Waals surface area contributed by atoms with E-state index in [4.69, 9.17) is 14.2 Å². The Bertz CT molecular complexity index is 2090. The van der Waals surface area contributed by atoms with E-state index in [1.807, 2.05) is 30.8 Å². The fourth-order valence-electron chi connectivity index (χ4n) is 8.47. The predicted molar refractivity (Wildman–Crippen MR) is 215 cm³/mol. The first-order valence-corrected chi connectivity index (χ1v) is 22.1. The van der Waals surface area contributed by atoms with Gasteiger partial charge in [0.25, 0.3) is 0 Å². The number of pyridine rings is 1. The number of rotatable bonds is 8. The van der Waals surface area contributed by atoms with Crippen LogP contribution in [0.3, 0.4) is 0 Å². The highest BCUT2D eigenvalue weighted by molar-refractivity contribution is 7.91. The second-order valence-electron chi connectivity index (χ2n) is 17.2. The van der Waals surface area contributed by atoms with Crippen molar-refractivity contribution in [3.05, 3.63) is 42.4 Å². The number of sulfonamides is 1. The monoisotopic (exact) mass is 841 g/mol. The van der Waals surface area contributed by atoms with E-state index >= 15 is 4.79 Å². The highest BCUT2D eigenvalue weighted by Gasteiger charge is 2.60. The summed E-state index contributed by atoms with van der Waals surface area (Å²) in [6, 6.07) is 1.97. The molecule has 0 bridgehead atoms. The Labute approximate surface area is 344 Å². The molecule has 0 unspecified atom stereocenters. The van der Waals surface area contributed by atoms with E-state index in [1.165, 1.54) is 30.3 Å². The van der Waals surface area contributed by atoms with Gasteiger partial charge in [-0.2, -0.15) is 0 Å². The van der Waals surface area contributed by atoms with E-state index in [9.17, 15) is 27.2 Å². The second-order valence-corrected chi connectivity index (χ2v) is 19.4. The largest absolute Gasteiger partial charge is 0.494 e. The highest BCUT2D eigenvalue weighted by atomic mass is 32.2. The quantitative estimate of drug-likeness (QED) is 0.327. The third kappa shape index (κ3) is 9.07. The van der Waals surface area contributed by atoms with Gasteiger partial charge in [-0.3, -0.25) is 9.59 Å². The van der Waals surface area contributed by atoms with E-state index in [0.29, 0.717) is 69.1 Å². The van der Waals surface area contributed by atoms with Gasteiger partial charge in [-0.1, -0.05) is 32.4 Å². The summed E-state index contributed by atoms with van der Waals surface area (Å²) in [6.07, 6.45) is 6.99. The zero-order chi connectivity index (χ0) is 42.3. The molecule has 59 heavy (non-hydrogen) atoms. The van der Waals surface area contributed by atoms with Crippen LogP contribution in [0.5, 0.6) is 11.6 Å². The van der Waals surface area contributed by atoms with Crippen LogP contribution in [0, 0.1) is 23.6 Å². The third-order valence-corrected chi connectivity index (χ3v) is 14.9. The molecule has 7 atom stereocenters. The van der Waals surface area contributed by atoms with Crippen LogP contribution in [-0.2, 0) is 24.3 Å². The number of hydrogen-bond acceptors (Lipinski definition) is 11. The molecule has 5 aliphatic rings. The number of piperazine rings is 1. The lowest BCUT2D eigenvalue weighted by molar-refractivity contribution is -0.142. The summed E-state index contributed by atoms with van der Waals surface area (Å²) in [4.78, 5) is 66.4. The number of likely N-dealkylation sites (N-methyl/N-ethyl adjacent to an activating group) is 1. The first-order chi connectivity index (χ1) is 28.0. The molecule has 2 saturated carbocycles. The maximum atomic E-state index is 15.1. The molecule has 7 rings (SSSR count). The van der Waals surface area contributed by atoms with Gasteiger partial charge >= 0.3 is 12.1 Å². The highest BCUT2D eigenvalue weighted by Crippen LogP contribution is 2.47. The van der Waals surface area contributed by atoms with Crippen molar-refractivity contribution in [3.8, 4) is 11.6 Å². The van der Waals surface area contributed by atoms with Gasteiger partial charge in [0.05, 0.1) is 18.4 Å². The van der Waals surface area contributed by atoms with Gasteiger partial charge in [-0.25, -0.2) is 32.1 Å². The van der Waals surface area contributed by atoms with E-state index < -0.39 is 68.3 Å². The van der Waals surface area contributed by atoms with Crippen molar-refractivity contribution in [2.24, 2.45) is 17.8 Å². The zero-order valence-corrected chi connectivity index (χ0v) is 35.2. The fourth-order valence-corrected chi connectivity index (χ4v) is 9.62. The Hall–Kier alpha value is -4.71. The first-order valence-electron chi connectivity index (χ1n) is 20.6. The summed E-state index contributed by atoms with van der Waals surface area (Å²) in [7, 11) is -0.679. The molecule has 18 heteroatoms. The lowest BCUT2D eigenvalue weighted by Crippen LogP contribution is -2.60. The van der Waals surface area contributed by atoms with Gasteiger partial charge in [0, 0.05) is 56.5 Å². The Morgan fingerprint density at radius 2 is 1.86 bits per heavy atom. The molecule has 2 saturated heterocycles. The number of aromatic nitrogens is 1.